The Labute approximate surface area is 232 Å². The molecular weight excluding hydrogens is 486 g/mol. The molecule has 7 aromatic rings. The molecule has 40 heavy (non-hydrogen) atoms. The average Bonchev–Trinajstić information content (AvgIpc) is 3.04. The maximum absolute atomic E-state index is 9.10. The van der Waals surface area contributed by atoms with Crippen LogP contribution in [0.5, 0.6) is 0 Å². The predicted octanol–water partition coefficient (Wildman–Crippen LogP) is 9.32. The molecule has 0 N–H and O–H groups in total. The lowest BCUT2D eigenvalue weighted by molar-refractivity contribution is 1.30. The number of aromatic nitrogens is 2. The van der Waals surface area contributed by atoms with Crippen molar-refractivity contribution >= 4 is 21.8 Å². The number of nitrogens with zero attached hydrogens (tertiary/aromatic N) is 3. The first-order valence-corrected chi connectivity index (χ1v) is 13.2. The van der Waals surface area contributed by atoms with Crippen LogP contribution in [0.15, 0.2) is 140 Å². The Bertz CT molecular complexity index is 2040. The van der Waals surface area contributed by atoms with Crippen molar-refractivity contribution in [2.45, 2.75) is 0 Å². The van der Waals surface area contributed by atoms with E-state index < -0.39 is 0 Å². The lowest BCUT2D eigenvalue weighted by Gasteiger charge is -2.15. The van der Waals surface area contributed by atoms with E-state index in [0.717, 1.165) is 55.6 Å². The highest BCUT2D eigenvalue weighted by Gasteiger charge is 2.17. The SMILES string of the molecule is N#Cc1ccc(-c2ccc(-c3ccc(-c4nc5ccccc5nc4-c4ccccc4)c4ccccc34)cc2)cc1. The van der Waals surface area contributed by atoms with Crippen LogP contribution in [-0.2, 0) is 0 Å². The van der Waals surface area contributed by atoms with Crippen molar-refractivity contribution in [3.05, 3.63) is 145 Å². The van der Waals surface area contributed by atoms with Gasteiger partial charge in [0.05, 0.1) is 34.1 Å². The van der Waals surface area contributed by atoms with Crippen LogP contribution in [-0.4, -0.2) is 9.97 Å². The zero-order chi connectivity index (χ0) is 26.9. The highest BCUT2D eigenvalue weighted by molar-refractivity contribution is 6.06. The van der Waals surface area contributed by atoms with Gasteiger partial charge in [0.25, 0.3) is 0 Å². The summed E-state index contributed by atoms with van der Waals surface area (Å²) in [7, 11) is 0. The molecule has 0 spiro atoms. The van der Waals surface area contributed by atoms with Gasteiger partial charge in [0.2, 0.25) is 0 Å². The number of rotatable bonds is 4. The van der Waals surface area contributed by atoms with Gasteiger partial charge in [0, 0.05) is 11.1 Å². The third kappa shape index (κ3) is 4.18. The first-order chi connectivity index (χ1) is 19.8. The van der Waals surface area contributed by atoms with Crippen LogP contribution in [0.4, 0.5) is 0 Å². The fourth-order valence-electron chi connectivity index (χ4n) is 5.32. The Morgan fingerprint density at radius 2 is 0.900 bits per heavy atom. The Hall–Kier alpha value is -5.59. The van der Waals surface area contributed by atoms with Crippen LogP contribution >= 0.6 is 0 Å². The van der Waals surface area contributed by atoms with Gasteiger partial charge in [-0.15, -0.1) is 0 Å². The molecule has 3 nitrogen and oxygen atoms in total. The second-order valence-corrected chi connectivity index (χ2v) is 9.75. The molecule has 0 amide bonds. The largest absolute Gasteiger partial charge is 0.244 e. The molecule has 1 heterocycles. The van der Waals surface area contributed by atoms with Crippen LogP contribution in [0.2, 0.25) is 0 Å². The Kier molecular flexibility index (Phi) is 5.85. The number of fused-ring (bicyclic) bond motifs is 2. The van der Waals surface area contributed by atoms with E-state index >= 15 is 0 Å². The van der Waals surface area contributed by atoms with E-state index in [1.54, 1.807) is 0 Å². The van der Waals surface area contributed by atoms with Crippen LogP contribution in [0, 0.1) is 11.3 Å². The Morgan fingerprint density at radius 3 is 1.55 bits per heavy atom. The van der Waals surface area contributed by atoms with Crippen LogP contribution < -0.4 is 0 Å². The minimum absolute atomic E-state index is 0.665. The smallest absolute Gasteiger partial charge is 0.0991 e. The van der Waals surface area contributed by atoms with Gasteiger partial charge in [-0.1, -0.05) is 115 Å². The number of hydrogen-bond acceptors (Lipinski definition) is 3. The van der Waals surface area contributed by atoms with Crippen molar-refractivity contribution < 1.29 is 0 Å². The highest BCUT2D eigenvalue weighted by Crippen LogP contribution is 2.39. The first kappa shape index (κ1) is 23.5. The molecule has 0 aliphatic rings. The summed E-state index contributed by atoms with van der Waals surface area (Å²) in [4.78, 5) is 10.2. The summed E-state index contributed by atoms with van der Waals surface area (Å²) in [6, 6.07) is 49.7. The molecule has 0 saturated carbocycles. The molecule has 7 rings (SSSR count). The van der Waals surface area contributed by atoms with Crippen LogP contribution in [0.3, 0.4) is 0 Å². The predicted molar refractivity (Wildman–Crippen MR) is 164 cm³/mol. The fraction of sp³-hybridized carbons (Fsp3) is 0. The number of nitriles is 1. The quantitative estimate of drug-likeness (QED) is 0.237. The Morgan fingerprint density at radius 1 is 0.400 bits per heavy atom. The van der Waals surface area contributed by atoms with Crippen molar-refractivity contribution in [1.82, 2.24) is 9.97 Å². The van der Waals surface area contributed by atoms with Crippen molar-refractivity contribution in [3.8, 4) is 50.8 Å². The fourth-order valence-corrected chi connectivity index (χ4v) is 5.32. The number of hydrogen-bond donors (Lipinski definition) is 0. The van der Waals surface area contributed by atoms with Gasteiger partial charge in [-0.05, 0) is 57.3 Å². The molecule has 0 saturated heterocycles. The zero-order valence-corrected chi connectivity index (χ0v) is 21.6. The standard InChI is InChI=1S/C37H23N3/c38-24-25-14-16-26(17-15-25)27-18-20-28(21-19-27)30-22-23-33(32-11-5-4-10-31(30)32)37-36(29-8-2-1-3-9-29)39-34-12-6-7-13-35(34)40-37/h1-23H. The molecule has 0 aliphatic heterocycles. The van der Waals surface area contributed by atoms with E-state index in [9.17, 15) is 0 Å². The summed E-state index contributed by atoms with van der Waals surface area (Å²) in [5.74, 6) is 0. The van der Waals surface area contributed by atoms with Gasteiger partial charge in [0.15, 0.2) is 0 Å². The van der Waals surface area contributed by atoms with Crippen molar-refractivity contribution in [2.75, 3.05) is 0 Å². The van der Waals surface area contributed by atoms with Crippen molar-refractivity contribution in [1.29, 1.82) is 5.26 Å². The van der Waals surface area contributed by atoms with E-state index in [1.807, 2.05) is 66.7 Å². The van der Waals surface area contributed by atoms with E-state index in [2.05, 4.69) is 78.9 Å². The maximum Gasteiger partial charge on any atom is 0.0991 e. The molecule has 0 fully saturated rings. The molecule has 186 valence electrons. The van der Waals surface area contributed by atoms with Gasteiger partial charge < -0.3 is 0 Å². The average molecular weight is 510 g/mol. The van der Waals surface area contributed by atoms with Crippen LogP contribution in [0.1, 0.15) is 5.56 Å². The van der Waals surface area contributed by atoms with Crippen molar-refractivity contribution in [2.24, 2.45) is 0 Å². The van der Waals surface area contributed by atoms with Gasteiger partial charge >= 0.3 is 0 Å². The maximum atomic E-state index is 9.10. The zero-order valence-electron chi connectivity index (χ0n) is 21.6. The lowest BCUT2D eigenvalue weighted by atomic mass is 9.91. The molecule has 3 heteroatoms. The summed E-state index contributed by atoms with van der Waals surface area (Å²) in [6.45, 7) is 0. The van der Waals surface area contributed by atoms with Crippen LogP contribution in [0.25, 0.3) is 66.6 Å². The molecule has 0 bridgehead atoms. The normalized spacial score (nSPS) is 11.0. The first-order valence-electron chi connectivity index (χ1n) is 13.2. The summed E-state index contributed by atoms with van der Waals surface area (Å²) in [6.07, 6.45) is 0. The van der Waals surface area contributed by atoms with Gasteiger partial charge in [-0.25, -0.2) is 9.97 Å². The molecule has 0 unspecified atom stereocenters. The third-order valence-electron chi connectivity index (χ3n) is 7.34. The topological polar surface area (TPSA) is 49.6 Å². The molecule has 1 aromatic heterocycles. The number of benzene rings is 6. The van der Waals surface area contributed by atoms with E-state index in [0.29, 0.717) is 5.56 Å². The number of para-hydroxylation sites is 2. The summed E-state index contributed by atoms with van der Waals surface area (Å²) in [5.41, 5.74) is 10.8. The molecule has 6 aromatic carbocycles. The van der Waals surface area contributed by atoms with Gasteiger partial charge in [-0.2, -0.15) is 5.26 Å². The second kappa shape index (κ2) is 9.94. The van der Waals surface area contributed by atoms with E-state index in [4.69, 9.17) is 15.2 Å². The molecule has 0 aliphatic carbocycles. The summed E-state index contributed by atoms with van der Waals surface area (Å²) < 4.78 is 0. The van der Waals surface area contributed by atoms with E-state index in [-0.39, 0.29) is 0 Å². The third-order valence-corrected chi connectivity index (χ3v) is 7.34. The van der Waals surface area contributed by atoms with Gasteiger partial charge in [0.1, 0.15) is 0 Å². The van der Waals surface area contributed by atoms with Gasteiger partial charge in [-0.3, -0.25) is 0 Å². The summed E-state index contributed by atoms with van der Waals surface area (Å²) >= 11 is 0. The summed E-state index contributed by atoms with van der Waals surface area (Å²) in [5, 5.41) is 11.4. The highest BCUT2D eigenvalue weighted by atomic mass is 14.8. The minimum Gasteiger partial charge on any atom is -0.244 e. The Balaban J connectivity index is 1.37. The lowest BCUT2D eigenvalue weighted by Crippen LogP contribution is -1.96. The van der Waals surface area contributed by atoms with Crippen molar-refractivity contribution in [3.63, 3.8) is 0 Å². The molecule has 0 atom stereocenters. The minimum atomic E-state index is 0.665. The van der Waals surface area contributed by atoms with E-state index in [1.165, 1.54) is 10.9 Å². The molecular formula is C37H23N3. The molecule has 0 radical (unpaired) electrons. The monoisotopic (exact) mass is 509 g/mol. The second-order valence-electron chi connectivity index (χ2n) is 9.75.